The van der Waals surface area contributed by atoms with Gasteiger partial charge in [0.25, 0.3) is 0 Å². The van der Waals surface area contributed by atoms with Crippen LogP contribution in [0.25, 0.3) is 5.82 Å². The molecule has 7 nitrogen and oxygen atoms in total. The van der Waals surface area contributed by atoms with Gasteiger partial charge in [-0.2, -0.15) is 13.2 Å². The zero-order chi connectivity index (χ0) is 21.0. The molecule has 3 rings (SSSR count). The van der Waals surface area contributed by atoms with E-state index in [2.05, 4.69) is 20.6 Å². The molecule has 10 heteroatoms. The van der Waals surface area contributed by atoms with Gasteiger partial charge in [-0.05, 0) is 24.3 Å². The van der Waals surface area contributed by atoms with E-state index in [0.717, 1.165) is 17.7 Å². The summed E-state index contributed by atoms with van der Waals surface area (Å²) in [5, 5.41) is 5.15. The van der Waals surface area contributed by atoms with Gasteiger partial charge >= 0.3 is 12.2 Å². The third-order valence-electron chi connectivity index (χ3n) is 4.11. The van der Waals surface area contributed by atoms with Crippen LogP contribution in [0.4, 0.5) is 29.3 Å². The Morgan fingerprint density at radius 1 is 1.21 bits per heavy atom. The summed E-state index contributed by atoms with van der Waals surface area (Å²) in [7, 11) is 3.36. The molecule has 0 bridgehead atoms. The number of urea groups is 1. The lowest BCUT2D eigenvalue weighted by atomic mass is 10.1. The standard InChI is InChI=1S/C19H19F3N6O/c1-27(2)16-6-5-14(19(20,21)22)10-15(16)26-18(29)25-11-13-4-3-7-24-17(13)28-9-8-23-12-28/h3-10,12H,11H2,1-2H3,(H2,25,26,29). The van der Waals surface area contributed by atoms with E-state index in [9.17, 15) is 18.0 Å². The van der Waals surface area contributed by atoms with Gasteiger partial charge in [-0.1, -0.05) is 6.07 Å². The number of alkyl halides is 3. The molecule has 2 aromatic heterocycles. The van der Waals surface area contributed by atoms with Crippen LogP contribution in [-0.2, 0) is 12.7 Å². The molecule has 0 atom stereocenters. The molecular formula is C19H19F3N6O. The number of carbonyl (C=O) groups is 1. The van der Waals surface area contributed by atoms with Crippen molar-refractivity contribution in [1.82, 2.24) is 19.9 Å². The molecule has 2 amide bonds. The first-order valence-corrected chi connectivity index (χ1v) is 8.61. The van der Waals surface area contributed by atoms with E-state index in [1.54, 1.807) is 60.6 Å². The van der Waals surface area contributed by atoms with Crippen molar-refractivity contribution in [1.29, 1.82) is 0 Å². The molecule has 0 saturated carbocycles. The number of hydrogen-bond donors (Lipinski definition) is 2. The van der Waals surface area contributed by atoms with Crippen molar-refractivity contribution >= 4 is 17.4 Å². The van der Waals surface area contributed by atoms with E-state index in [0.29, 0.717) is 11.5 Å². The zero-order valence-corrected chi connectivity index (χ0v) is 15.7. The van der Waals surface area contributed by atoms with Gasteiger partial charge in [0.2, 0.25) is 0 Å². The third kappa shape index (κ3) is 4.84. The average Bonchev–Trinajstić information content (AvgIpc) is 3.20. The van der Waals surface area contributed by atoms with Gasteiger partial charge in [0, 0.05) is 44.8 Å². The minimum atomic E-state index is -4.51. The van der Waals surface area contributed by atoms with Gasteiger partial charge in [-0.25, -0.2) is 14.8 Å². The number of nitrogens with one attached hydrogen (secondary N) is 2. The molecular weight excluding hydrogens is 385 g/mol. The van der Waals surface area contributed by atoms with Gasteiger partial charge in [0.05, 0.1) is 16.9 Å². The fourth-order valence-corrected chi connectivity index (χ4v) is 2.73. The average molecular weight is 404 g/mol. The minimum Gasteiger partial charge on any atom is -0.376 e. The molecule has 2 N–H and O–H groups in total. The summed E-state index contributed by atoms with van der Waals surface area (Å²) >= 11 is 0. The van der Waals surface area contributed by atoms with Crippen LogP contribution in [0.2, 0.25) is 0 Å². The highest BCUT2D eigenvalue weighted by Gasteiger charge is 2.31. The largest absolute Gasteiger partial charge is 0.416 e. The Labute approximate surface area is 165 Å². The monoisotopic (exact) mass is 404 g/mol. The van der Waals surface area contributed by atoms with E-state index in [4.69, 9.17) is 0 Å². The quantitative estimate of drug-likeness (QED) is 0.680. The number of rotatable bonds is 5. The molecule has 152 valence electrons. The van der Waals surface area contributed by atoms with Crippen molar-refractivity contribution in [2.45, 2.75) is 12.7 Å². The van der Waals surface area contributed by atoms with Crippen LogP contribution in [0, 0.1) is 0 Å². The lowest BCUT2D eigenvalue weighted by Gasteiger charge is -2.20. The van der Waals surface area contributed by atoms with Crippen molar-refractivity contribution in [2.24, 2.45) is 0 Å². The number of anilines is 2. The van der Waals surface area contributed by atoms with Crippen LogP contribution in [0.1, 0.15) is 11.1 Å². The Bertz CT molecular complexity index is 986. The first kappa shape index (κ1) is 20.2. The van der Waals surface area contributed by atoms with E-state index in [1.807, 2.05) is 0 Å². The first-order valence-electron chi connectivity index (χ1n) is 8.61. The molecule has 0 aliphatic rings. The Kier molecular flexibility index (Phi) is 5.71. The summed E-state index contributed by atoms with van der Waals surface area (Å²) in [5.41, 5.74) is 0.391. The number of aromatic nitrogens is 3. The number of amides is 2. The van der Waals surface area contributed by atoms with Crippen LogP contribution in [-0.4, -0.2) is 34.7 Å². The number of nitrogens with zero attached hydrogens (tertiary/aromatic N) is 4. The predicted molar refractivity (Wildman–Crippen MR) is 103 cm³/mol. The highest BCUT2D eigenvalue weighted by atomic mass is 19.4. The second kappa shape index (κ2) is 8.21. The van der Waals surface area contributed by atoms with Crippen LogP contribution in [0.15, 0.2) is 55.2 Å². The molecule has 0 aliphatic heterocycles. The summed E-state index contributed by atoms with van der Waals surface area (Å²) in [6.45, 7) is 0.128. The second-order valence-corrected chi connectivity index (χ2v) is 6.39. The molecule has 0 radical (unpaired) electrons. The van der Waals surface area contributed by atoms with Gasteiger partial charge in [0.1, 0.15) is 12.1 Å². The molecule has 2 heterocycles. The van der Waals surface area contributed by atoms with Gasteiger partial charge in [-0.15, -0.1) is 0 Å². The lowest BCUT2D eigenvalue weighted by Crippen LogP contribution is -2.29. The van der Waals surface area contributed by atoms with Crippen molar-refractivity contribution in [2.75, 3.05) is 24.3 Å². The van der Waals surface area contributed by atoms with E-state index >= 15 is 0 Å². The van der Waals surface area contributed by atoms with Gasteiger partial charge < -0.3 is 15.5 Å². The van der Waals surface area contributed by atoms with Crippen molar-refractivity contribution in [3.05, 3.63) is 66.4 Å². The van der Waals surface area contributed by atoms with Gasteiger partial charge in [0.15, 0.2) is 0 Å². The van der Waals surface area contributed by atoms with Crippen LogP contribution < -0.4 is 15.5 Å². The maximum Gasteiger partial charge on any atom is 0.416 e. The second-order valence-electron chi connectivity index (χ2n) is 6.39. The Hall–Kier alpha value is -3.56. The summed E-state index contributed by atoms with van der Waals surface area (Å²) in [6, 6.07) is 6.09. The predicted octanol–water partition coefficient (Wildman–Crippen LogP) is 3.67. The number of hydrogen-bond acceptors (Lipinski definition) is 4. The summed E-state index contributed by atoms with van der Waals surface area (Å²) in [5.74, 6) is 0.596. The minimum absolute atomic E-state index is 0.0587. The van der Waals surface area contributed by atoms with E-state index < -0.39 is 17.8 Å². The molecule has 0 fully saturated rings. The summed E-state index contributed by atoms with van der Waals surface area (Å²) in [6.07, 6.45) is 2.02. The van der Waals surface area contributed by atoms with Crippen LogP contribution >= 0.6 is 0 Å². The normalized spacial score (nSPS) is 11.2. The summed E-state index contributed by atoms with van der Waals surface area (Å²) < 4.78 is 40.8. The number of carbonyl (C=O) groups excluding carboxylic acids is 1. The fourth-order valence-electron chi connectivity index (χ4n) is 2.73. The molecule has 29 heavy (non-hydrogen) atoms. The molecule has 0 saturated heterocycles. The molecule has 0 aliphatic carbocycles. The maximum absolute atomic E-state index is 13.0. The topological polar surface area (TPSA) is 75.1 Å². The summed E-state index contributed by atoms with van der Waals surface area (Å²) in [4.78, 5) is 22.2. The van der Waals surface area contributed by atoms with Crippen LogP contribution in [0.3, 0.4) is 0 Å². The Morgan fingerprint density at radius 3 is 2.66 bits per heavy atom. The van der Waals surface area contributed by atoms with E-state index in [1.165, 1.54) is 6.07 Å². The molecule has 0 spiro atoms. The first-order chi connectivity index (χ1) is 13.8. The number of imidazole rings is 1. The lowest BCUT2D eigenvalue weighted by molar-refractivity contribution is -0.137. The van der Waals surface area contributed by atoms with Crippen molar-refractivity contribution < 1.29 is 18.0 Å². The number of benzene rings is 1. The SMILES string of the molecule is CN(C)c1ccc(C(F)(F)F)cc1NC(=O)NCc1cccnc1-n1ccnc1. The Balaban J connectivity index is 1.75. The molecule has 3 aromatic rings. The smallest absolute Gasteiger partial charge is 0.376 e. The zero-order valence-electron chi connectivity index (χ0n) is 15.7. The highest BCUT2D eigenvalue weighted by Crippen LogP contribution is 2.34. The number of halogens is 3. The van der Waals surface area contributed by atoms with Crippen molar-refractivity contribution in [3.8, 4) is 5.82 Å². The molecule has 0 unspecified atom stereocenters. The van der Waals surface area contributed by atoms with Crippen LogP contribution in [0.5, 0.6) is 0 Å². The maximum atomic E-state index is 13.0. The third-order valence-corrected chi connectivity index (χ3v) is 4.11. The van der Waals surface area contributed by atoms with Crippen molar-refractivity contribution in [3.63, 3.8) is 0 Å². The fraction of sp³-hybridized carbons (Fsp3) is 0.211. The van der Waals surface area contributed by atoms with Gasteiger partial charge in [-0.3, -0.25) is 4.57 Å². The molecule has 1 aromatic carbocycles. The van der Waals surface area contributed by atoms with E-state index in [-0.39, 0.29) is 12.2 Å². The Morgan fingerprint density at radius 2 is 2.00 bits per heavy atom. The number of pyridine rings is 1. The highest BCUT2D eigenvalue weighted by molar-refractivity contribution is 5.93.